The van der Waals surface area contributed by atoms with Crippen LogP contribution in [0.5, 0.6) is 17.2 Å². The van der Waals surface area contributed by atoms with Crippen LogP contribution in [-0.2, 0) is 11.2 Å². The van der Waals surface area contributed by atoms with Gasteiger partial charge in [-0.1, -0.05) is 6.07 Å². The van der Waals surface area contributed by atoms with Gasteiger partial charge in [0.25, 0.3) is 5.91 Å². The molecule has 0 spiro atoms. The number of aliphatic hydroxyl groups is 1. The summed E-state index contributed by atoms with van der Waals surface area (Å²) in [5.41, 5.74) is 2.56. The van der Waals surface area contributed by atoms with Crippen molar-refractivity contribution in [1.82, 2.24) is 9.88 Å². The van der Waals surface area contributed by atoms with Gasteiger partial charge in [0.05, 0.1) is 37.8 Å². The van der Waals surface area contributed by atoms with E-state index in [0.717, 1.165) is 22.2 Å². The van der Waals surface area contributed by atoms with Crippen molar-refractivity contribution in [2.45, 2.75) is 12.5 Å². The van der Waals surface area contributed by atoms with Crippen LogP contribution in [0, 0.1) is 0 Å². The Morgan fingerprint density at radius 1 is 1.05 bits per heavy atom. The highest BCUT2D eigenvalue weighted by Crippen LogP contribution is 2.44. The third-order valence-electron chi connectivity index (χ3n) is 6.63. The van der Waals surface area contributed by atoms with Crippen molar-refractivity contribution < 1.29 is 28.9 Å². The number of aliphatic hydroxyl groups excluding tert-OH is 1. The zero-order valence-corrected chi connectivity index (χ0v) is 21.4. The molecule has 4 aromatic rings. The number of nitrogens with one attached hydrogen (secondary N) is 1. The second kappa shape index (κ2) is 10.0. The molecule has 9 heteroatoms. The first-order valence-electron chi connectivity index (χ1n) is 11.6. The molecule has 0 saturated carbocycles. The predicted octanol–water partition coefficient (Wildman–Crippen LogP) is 5.08. The standard InChI is InChI=1S/C28H26N2O6S/c1-34-17-7-9-21-20(13-17)16(15-29-21)10-11-30-25(19-8-6-18(35-2)14-22(19)36-3)24(27(32)28(30)33)26(31)23-5-4-12-37-23/h4-9,12-15,25,29,32H,10-11H2,1-3H3/t25-/m1/s1. The number of aromatic nitrogens is 1. The maximum Gasteiger partial charge on any atom is 0.290 e. The van der Waals surface area contributed by atoms with Crippen LogP contribution in [-0.4, -0.2) is 54.6 Å². The van der Waals surface area contributed by atoms with Gasteiger partial charge in [0, 0.05) is 35.3 Å². The Bertz CT molecular complexity index is 1500. The van der Waals surface area contributed by atoms with E-state index in [1.807, 2.05) is 24.4 Å². The van der Waals surface area contributed by atoms with Crippen LogP contribution in [0.4, 0.5) is 0 Å². The molecule has 3 heterocycles. The van der Waals surface area contributed by atoms with Crippen LogP contribution in [0.3, 0.4) is 0 Å². The molecular weight excluding hydrogens is 492 g/mol. The molecule has 0 unspecified atom stereocenters. The van der Waals surface area contributed by atoms with Gasteiger partial charge in [-0.25, -0.2) is 0 Å². The van der Waals surface area contributed by atoms with Crippen LogP contribution in [0.25, 0.3) is 10.9 Å². The van der Waals surface area contributed by atoms with Crippen molar-refractivity contribution in [1.29, 1.82) is 0 Å². The second-order valence-electron chi connectivity index (χ2n) is 8.55. The molecule has 1 atom stereocenters. The lowest BCUT2D eigenvalue weighted by Gasteiger charge is -2.28. The van der Waals surface area contributed by atoms with Crippen molar-refractivity contribution in [3.05, 3.63) is 87.4 Å². The van der Waals surface area contributed by atoms with E-state index in [1.165, 1.54) is 23.3 Å². The first-order valence-corrected chi connectivity index (χ1v) is 12.5. The molecule has 8 nitrogen and oxygen atoms in total. The third kappa shape index (κ3) is 4.31. The zero-order valence-electron chi connectivity index (χ0n) is 20.6. The Kier molecular flexibility index (Phi) is 6.62. The number of amides is 1. The van der Waals surface area contributed by atoms with Crippen LogP contribution < -0.4 is 14.2 Å². The average molecular weight is 519 g/mol. The molecule has 1 aliphatic heterocycles. The number of nitrogens with zero attached hydrogens (tertiary/aromatic N) is 1. The second-order valence-corrected chi connectivity index (χ2v) is 9.50. The third-order valence-corrected chi connectivity index (χ3v) is 7.49. The number of H-pyrrole nitrogens is 1. The van der Waals surface area contributed by atoms with Gasteiger partial charge in [0.15, 0.2) is 5.76 Å². The maximum atomic E-state index is 13.5. The number of hydrogen-bond acceptors (Lipinski definition) is 7. The summed E-state index contributed by atoms with van der Waals surface area (Å²) in [7, 11) is 4.68. The molecule has 2 N–H and O–H groups in total. The summed E-state index contributed by atoms with van der Waals surface area (Å²) in [6.45, 7) is 0.258. The van der Waals surface area contributed by atoms with E-state index in [-0.39, 0.29) is 17.9 Å². The monoisotopic (exact) mass is 518 g/mol. The molecule has 0 fully saturated rings. The Morgan fingerprint density at radius 3 is 2.51 bits per heavy atom. The summed E-state index contributed by atoms with van der Waals surface area (Å²) in [6, 6.07) is 13.6. The molecule has 5 rings (SSSR count). The lowest BCUT2D eigenvalue weighted by Crippen LogP contribution is -2.33. The van der Waals surface area contributed by atoms with E-state index < -0.39 is 17.7 Å². The molecule has 0 aliphatic carbocycles. The minimum atomic E-state index is -0.831. The highest BCUT2D eigenvalue weighted by Gasteiger charge is 2.45. The van der Waals surface area contributed by atoms with E-state index in [9.17, 15) is 14.7 Å². The number of rotatable bonds is 9. The minimum Gasteiger partial charge on any atom is -0.503 e. The fourth-order valence-corrected chi connectivity index (χ4v) is 5.43. The molecule has 1 aliphatic rings. The summed E-state index contributed by atoms with van der Waals surface area (Å²) >= 11 is 1.26. The molecule has 1 amide bonds. The number of methoxy groups -OCH3 is 3. The number of benzene rings is 2. The summed E-state index contributed by atoms with van der Waals surface area (Å²) in [6.07, 6.45) is 2.39. The number of carbonyl (C=O) groups is 2. The number of ketones is 1. The van der Waals surface area contributed by atoms with Gasteiger partial charge in [-0.05, 0) is 53.8 Å². The number of ether oxygens (including phenoxy) is 3. The van der Waals surface area contributed by atoms with Crippen LogP contribution in [0.15, 0.2) is 71.4 Å². The number of aromatic amines is 1. The molecular formula is C28H26N2O6S. The van der Waals surface area contributed by atoms with E-state index in [4.69, 9.17) is 14.2 Å². The zero-order chi connectivity index (χ0) is 26.1. The molecule has 190 valence electrons. The Balaban J connectivity index is 1.55. The SMILES string of the molecule is COc1ccc([C@@H]2C(C(=O)c3cccs3)=C(O)C(=O)N2CCc2c[nH]c3ccc(OC)cc23)c(OC)c1. The largest absolute Gasteiger partial charge is 0.503 e. The average Bonchev–Trinajstić information content (AvgIpc) is 3.66. The van der Waals surface area contributed by atoms with E-state index >= 15 is 0 Å². The Labute approximate surface area is 217 Å². The number of fused-ring (bicyclic) bond motifs is 1. The molecule has 0 radical (unpaired) electrons. The molecule has 2 aromatic heterocycles. The summed E-state index contributed by atoms with van der Waals surface area (Å²) in [5.74, 6) is 0.230. The molecule has 2 aromatic carbocycles. The van der Waals surface area contributed by atoms with Crippen molar-refractivity contribution in [3.63, 3.8) is 0 Å². The molecule has 37 heavy (non-hydrogen) atoms. The van der Waals surface area contributed by atoms with Crippen molar-refractivity contribution in [2.75, 3.05) is 27.9 Å². The van der Waals surface area contributed by atoms with Crippen LogP contribution >= 0.6 is 11.3 Å². The number of thiophene rings is 1. The quantitative estimate of drug-likeness (QED) is 0.300. The normalized spacial score (nSPS) is 15.5. The topological polar surface area (TPSA) is 101 Å². The van der Waals surface area contributed by atoms with Crippen molar-refractivity contribution >= 4 is 33.9 Å². The maximum absolute atomic E-state index is 13.5. The summed E-state index contributed by atoms with van der Waals surface area (Å²) in [5, 5.41) is 13.7. The highest BCUT2D eigenvalue weighted by molar-refractivity contribution is 7.12. The van der Waals surface area contributed by atoms with Gasteiger partial charge >= 0.3 is 0 Å². The predicted molar refractivity (Wildman–Crippen MR) is 141 cm³/mol. The Hall–Kier alpha value is -4.24. The van der Waals surface area contributed by atoms with E-state index in [2.05, 4.69) is 4.98 Å². The number of carbonyl (C=O) groups excluding carboxylic acids is 2. The van der Waals surface area contributed by atoms with Gasteiger partial charge in [-0.3, -0.25) is 9.59 Å². The Morgan fingerprint density at radius 2 is 1.81 bits per heavy atom. The van der Waals surface area contributed by atoms with Gasteiger partial charge < -0.3 is 29.2 Å². The van der Waals surface area contributed by atoms with Gasteiger partial charge in [0.2, 0.25) is 5.78 Å². The highest BCUT2D eigenvalue weighted by atomic mass is 32.1. The summed E-state index contributed by atoms with van der Waals surface area (Å²) in [4.78, 5) is 32.1. The van der Waals surface area contributed by atoms with Gasteiger partial charge in [0.1, 0.15) is 17.2 Å². The fraction of sp³-hybridized carbons (Fsp3) is 0.214. The van der Waals surface area contributed by atoms with Crippen molar-refractivity contribution in [3.8, 4) is 17.2 Å². The van der Waals surface area contributed by atoms with Crippen molar-refractivity contribution in [2.24, 2.45) is 0 Å². The smallest absolute Gasteiger partial charge is 0.290 e. The fourth-order valence-electron chi connectivity index (χ4n) is 4.76. The number of Topliss-reactive ketones (excluding diaryl/α,β-unsaturated/α-hetero) is 1. The van der Waals surface area contributed by atoms with Crippen LogP contribution in [0.1, 0.15) is 26.8 Å². The van der Waals surface area contributed by atoms with Crippen LogP contribution in [0.2, 0.25) is 0 Å². The van der Waals surface area contributed by atoms with Gasteiger partial charge in [-0.2, -0.15) is 0 Å². The lowest BCUT2D eigenvalue weighted by atomic mass is 9.94. The van der Waals surface area contributed by atoms with Gasteiger partial charge in [-0.15, -0.1) is 11.3 Å². The van der Waals surface area contributed by atoms with E-state index in [0.29, 0.717) is 28.4 Å². The molecule has 0 bridgehead atoms. The first-order chi connectivity index (χ1) is 18.0. The summed E-state index contributed by atoms with van der Waals surface area (Å²) < 4.78 is 16.3. The molecule has 0 saturated heterocycles. The van der Waals surface area contributed by atoms with E-state index in [1.54, 1.807) is 49.9 Å². The first kappa shape index (κ1) is 24.5. The lowest BCUT2D eigenvalue weighted by molar-refractivity contribution is -0.129. The minimum absolute atomic E-state index is 0.0384. The number of hydrogen-bond donors (Lipinski definition) is 2.